The number of para-hydroxylation sites is 1. The van der Waals surface area contributed by atoms with E-state index in [-0.39, 0.29) is 0 Å². The molecule has 3 aromatic heterocycles. The van der Waals surface area contributed by atoms with E-state index in [1.54, 1.807) is 25.1 Å². The van der Waals surface area contributed by atoms with Crippen LogP contribution in [0.25, 0.3) is 16.9 Å². The molecule has 1 aliphatic heterocycles. The van der Waals surface area contributed by atoms with Gasteiger partial charge in [-0.15, -0.1) is 10.2 Å². The highest BCUT2D eigenvalue weighted by molar-refractivity contribution is 7.99. The van der Waals surface area contributed by atoms with Crippen LogP contribution in [0.2, 0.25) is 0 Å². The van der Waals surface area contributed by atoms with E-state index < -0.39 is 11.2 Å². The molecule has 0 saturated carbocycles. The van der Waals surface area contributed by atoms with Gasteiger partial charge >= 0.3 is 5.69 Å². The molecule has 0 aliphatic carbocycles. The van der Waals surface area contributed by atoms with Crippen molar-refractivity contribution in [1.82, 2.24) is 33.9 Å². The maximum absolute atomic E-state index is 12.8. The number of H-pyrrole nitrogens is 1. The van der Waals surface area contributed by atoms with Crippen LogP contribution in [0.4, 0.5) is 5.95 Å². The minimum absolute atomic E-state index is 0.390. The average Bonchev–Trinajstić information content (AvgIpc) is 3.46. The van der Waals surface area contributed by atoms with Gasteiger partial charge in [0.25, 0.3) is 5.56 Å². The highest BCUT2D eigenvalue weighted by Gasteiger charge is 2.24. The summed E-state index contributed by atoms with van der Waals surface area (Å²) >= 11 is 1.63. The third-order valence-corrected chi connectivity index (χ3v) is 7.26. The number of hydrogen-bond acceptors (Lipinski definition) is 7. The summed E-state index contributed by atoms with van der Waals surface area (Å²) in [6, 6.07) is 10.00. The van der Waals surface area contributed by atoms with E-state index >= 15 is 0 Å². The molecule has 1 fully saturated rings. The maximum atomic E-state index is 12.8. The summed E-state index contributed by atoms with van der Waals surface area (Å²) in [6.07, 6.45) is 4.80. The number of nitrogens with one attached hydrogen (secondary N) is 1. The average molecular weight is 481 g/mol. The number of anilines is 1. The fourth-order valence-corrected chi connectivity index (χ4v) is 5.37. The van der Waals surface area contributed by atoms with Crippen LogP contribution in [0, 0.1) is 5.92 Å². The topological polar surface area (TPSA) is 107 Å². The number of hydrogen-bond donors (Lipinski definition) is 1. The van der Waals surface area contributed by atoms with Gasteiger partial charge in [0.1, 0.15) is 6.33 Å². The van der Waals surface area contributed by atoms with Crippen LogP contribution in [0.5, 0.6) is 0 Å². The Balaban J connectivity index is 1.39. The highest BCUT2D eigenvalue weighted by Crippen LogP contribution is 2.26. The van der Waals surface area contributed by atoms with Gasteiger partial charge in [-0.1, -0.05) is 36.9 Å². The molecule has 5 rings (SSSR count). The molecule has 0 radical (unpaired) electrons. The van der Waals surface area contributed by atoms with E-state index in [1.807, 2.05) is 39.5 Å². The third kappa shape index (κ3) is 4.27. The van der Waals surface area contributed by atoms with Crippen molar-refractivity contribution < 1.29 is 0 Å². The van der Waals surface area contributed by atoms with Gasteiger partial charge in [0.15, 0.2) is 16.3 Å². The molecule has 4 aromatic rings. The lowest BCUT2D eigenvalue weighted by atomic mass is 10.0. The smallest absolute Gasteiger partial charge is 0.329 e. The second kappa shape index (κ2) is 9.49. The first kappa shape index (κ1) is 22.5. The lowest BCUT2D eigenvalue weighted by molar-refractivity contribution is 0.438. The third-order valence-electron chi connectivity index (χ3n) is 6.23. The van der Waals surface area contributed by atoms with E-state index in [4.69, 9.17) is 4.98 Å². The molecule has 10 nitrogen and oxygen atoms in total. The second-order valence-electron chi connectivity index (χ2n) is 8.77. The Hall–Kier alpha value is -3.34. The quantitative estimate of drug-likeness (QED) is 0.320. The molecule has 1 aromatic carbocycles. The van der Waals surface area contributed by atoms with Gasteiger partial charge in [0.2, 0.25) is 5.95 Å². The van der Waals surface area contributed by atoms with Crippen LogP contribution in [0.3, 0.4) is 0 Å². The number of rotatable bonds is 7. The number of imidazole rings is 1. The Morgan fingerprint density at radius 2 is 2.03 bits per heavy atom. The van der Waals surface area contributed by atoms with Crippen molar-refractivity contribution in [3.8, 4) is 5.69 Å². The van der Waals surface area contributed by atoms with E-state index in [0.29, 0.717) is 23.6 Å². The van der Waals surface area contributed by atoms with Gasteiger partial charge in [0.05, 0.1) is 0 Å². The minimum Gasteiger partial charge on any atom is -0.342 e. The monoisotopic (exact) mass is 480 g/mol. The molecule has 1 N–H and O–H groups in total. The normalized spacial score (nSPS) is 16.4. The van der Waals surface area contributed by atoms with Gasteiger partial charge in [-0.2, -0.15) is 4.98 Å². The first-order valence-electron chi connectivity index (χ1n) is 11.6. The van der Waals surface area contributed by atoms with Gasteiger partial charge in [-0.25, -0.2) is 4.79 Å². The Labute approximate surface area is 200 Å². The fraction of sp³-hybridized carbons (Fsp3) is 0.435. The predicted molar refractivity (Wildman–Crippen MR) is 133 cm³/mol. The molecule has 0 spiro atoms. The van der Waals surface area contributed by atoms with Crippen molar-refractivity contribution >= 4 is 28.9 Å². The fourth-order valence-electron chi connectivity index (χ4n) is 4.52. The van der Waals surface area contributed by atoms with Crippen LogP contribution in [-0.4, -0.2) is 52.7 Å². The molecule has 178 valence electrons. The van der Waals surface area contributed by atoms with Crippen molar-refractivity contribution in [2.75, 3.05) is 23.7 Å². The molecular weight excluding hydrogens is 452 g/mol. The number of nitrogens with zero attached hydrogens (tertiary/aromatic N) is 7. The first-order valence-corrected chi connectivity index (χ1v) is 12.5. The molecule has 0 bridgehead atoms. The summed E-state index contributed by atoms with van der Waals surface area (Å²) in [5.41, 5.74) is 1.06. The van der Waals surface area contributed by atoms with Crippen LogP contribution in [-0.2, 0) is 13.6 Å². The zero-order chi connectivity index (χ0) is 23.7. The van der Waals surface area contributed by atoms with Crippen LogP contribution >= 0.6 is 11.8 Å². The molecule has 4 heterocycles. The SMILES string of the molecule is C[C@H]1CCCN(c2nc3c(c(=O)[nH]c(=O)n3C)n2CCCSc2nncn2-c2ccccc2)C1. The summed E-state index contributed by atoms with van der Waals surface area (Å²) < 4.78 is 5.37. The van der Waals surface area contributed by atoms with Crippen molar-refractivity contribution in [1.29, 1.82) is 0 Å². The summed E-state index contributed by atoms with van der Waals surface area (Å²) in [7, 11) is 1.65. The number of fused-ring (bicyclic) bond motifs is 1. The summed E-state index contributed by atoms with van der Waals surface area (Å²) in [6.45, 7) is 4.64. The molecule has 1 atom stereocenters. The Morgan fingerprint density at radius 1 is 1.21 bits per heavy atom. The van der Waals surface area contributed by atoms with E-state index in [1.165, 1.54) is 11.0 Å². The lowest BCUT2D eigenvalue weighted by Gasteiger charge is -2.32. The minimum atomic E-state index is -0.448. The van der Waals surface area contributed by atoms with Gasteiger partial charge in [-0.3, -0.25) is 18.9 Å². The Bertz CT molecular complexity index is 1400. The second-order valence-corrected chi connectivity index (χ2v) is 9.83. The maximum Gasteiger partial charge on any atom is 0.329 e. The first-order chi connectivity index (χ1) is 16.5. The van der Waals surface area contributed by atoms with E-state index in [9.17, 15) is 9.59 Å². The van der Waals surface area contributed by atoms with Crippen molar-refractivity contribution in [3.05, 3.63) is 57.5 Å². The number of thioether (sulfide) groups is 1. The zero-order valence-corrected chi connectivity index (χ0v) is 20.2. The zero-order valence-electron chi connectivity index (χ0n) is 19.3. The Kier molecular flexibility index (Phi) is 6.27. The molecule has 0 unspecified atom stereocenters. The van der Waals surface area contributed by atoms with Crippen molar-refractivity contribution in [3.63, 3.8) is 0 Å². The number of aryl methyl sites for hydroxylation is 2. The van der Waals surface area contributed by atoms with Gasteiger partial charge in [0, 0.05) is 38.1 Å². The lowest BCUT2D eigenvalue weighted by Crippen LogP contribution is -2.36. The van der Waals surface area contributed by atoms with Gasteiger partial charge in [-0.05, 0) is 37.3 Å². The van der Waals surface area contributed by atoms with Crippen LogP contribution in [0.15, 0.2) is 51.4 Å². The predicted octanol–water partition coefficient (Wildman–Crippen LogP) is 2.42. The molecule has 1 saturated heterocycles. The van der Waals surface area contributed by atoms with Crippen molar-refractivity contribution in [2.24, 2.45) is 13.0 Å². The van der Waals surface area contributed by atoms with Crippen LogP contribution in [0.1, 0.15) is 26.2 Å². The number of piperidine rings is 1. The Morgan fingerprint density at radius 3 is 2.82 bits per heavy atom. The highest BCUT2D eigenvalue weighted by atomic mass is 32.2. The van der Waals surface area contributed by atoms with Crippen molar-refractivity contribution in [2.45, 2.75) is 37.9 Å². The standard InChI is InChI=1S/C23H28N8O2S/c1-16-8-6-11-29(14-16)21-25-19-18(20(32)26-22(33)28(19)2)30(21)12-7-13-34-23-27-24-15-31(23)17-9-4-3-5-10-17/h3-5,9-10,15-16H,6-8,11-14H2,1-2H3,(H,26,32,33)/t16-/m0/s1. The summed E-state index contributed by atoms with van der Waals surface area (Å²) in [4.78, 5) is 34.4. The molecular formula is C23H28N8O2S. The molecule has 1 aliphatic rings. The van der Waals surface area contributed by atoms with Crippen LogP contribution < -0.4 is 16.1 Å². The largest absolute Gasteiger partial charge is 0.342 e. The number of aromatic amines is 1. The molecule has 0 amide bonds. The molecule has 11 heteroatoms. The van der Waals surface area contributed by atoms with Gasteiger partial charge < -0.3 is 9.47 Å². The summed E-state index contributed by atoms with van der Waals surface area (Å²) in [5.74, 6) is 2.12. The number of aromatic nitrogens is 7. The van der Waals surface area contributed by atoms with E-state index in [0.717, 1.165) is 48.5 Å². The number of benzene rings is 1. The molecule has 34 heavy (non-hydrogen) atoms. The summed E-state index contributed by atoms with van der Waals surface area (Å²) in [5, 5.41) is 9.17. The van der Waals surface area contributed by atoms with E-state index in [2.05, 4.69) is 27.0 Å².